The number of rotatable bonds is 16. The zero-order valence-electron chi connectivity index (χ0n) is 23.2. The van der Waals surface area contributed by atoms with Crippen molar-refractivity contribution in [3.05, 3.63) is 95.1 Å². The van der Waals surface area contributed by atoms with Crippen molar-refractivity contribution in [3.63, 3.8) is 0 Å². The van der Waals surface area contributed by atoms with Gasteiger partial charge in [0.2, 0.25) is 0 Å². The molecule has 0 aliphatic rings. The van der Waals surface area contributed by atoms with Crippen LogP contribution >= 0.6 is 0 Å². The molecular formula is C34H42O4. The predicted octanol–water partition coefficient (Wildman–Crippen LogP) is 9.13. The van der Waals surface area contributed by atoms with Crippen LogP contribution in [0.4, 0.5) is 0 Å². The molecular weight excluding hydrogens is 472 g/mol. The first-order valence-electron chi connectivity index (χ1n) is 14.2. The first kappa shape index (κ1) is 29.3. The van der Waals surface area contributed by atoms with Gasteiger partial charge in [-0.2, -0.15) is 4.89 Å². The van der Waals surface area contributed by atoms with Gasteiger partial charge in [0.15, 0.2) is 5.78 Å². The molecule has 202 valence electrons. The van der Waals surface area contributed by atoms with E-state index in [1.54, 1.807) is 12.1 Å². The van der Waals surface area contributed by atoms with Crippen LogP contribution < -0.4 is 0 Å². The van der Waals surface area contributed by atoms with Gasteiger partial charge in [-0.25, -0.2) is 4.79 Å². The molecule has 0 aromatic heterocycles. The Bertz CT molecular complexity index is 1130. The van der Waals surface area contributed by atoms with Crippen molar-refractivity contribution < 1.29 is 19.4 Å². The normalized spacial score (nSPS) is 11.8. The van der Waals surface area contributed by atoms with E-state index < -0.39 is 11.9 Å². The Morgan fingerprint density at radius 2 is 1.39 bits per heavy atom. The predicted molar refractivity (Wildman–Crippen MR) is 154 cm³/mol. The molecule has 3 aromatic carbocycles. The quantitative estimate of drug-likeness (QED) is 0.0827. The van der Waals surface area contributed by atoms with Crippen LogP contribution in [0.15, 0.2) is 72.8 Å². The number of Topliss-reactive ketones (excluding diaryl/α,β-unsaturated/α-hetero) is 1. The zero-order chi connectivity index (χ0) is 27.2. The Labute approximate surface area is 228 Å². The lowest BCUT2D eigenvalue weighted by Crippen LogP contribution is -2.13. The molecule has 0 radical (unpaired) electrons. The van der Waals surface area contributed by atoms with Crippen LogP contribution in [0.25, 0.3) is 11.1 Å². The van der Waals surface area contributed by atoms with Crippen LogP contribution in [-0.4, -0.2) is 18.4 Å². The standard InChI is InChI=1S/C34H42O4/c1-4-6-8-9-10-14-24-37-38-34(36)30-22-23-31(28-16-12-11-13-17-28)32(25-30)26(3)33(35)29-20-18-27(19-21-29)15-7-5-2/h11-13,16-23,25-26H,4-10,14-15,24H2,1-3H3. The maximum Gasteiger partial charge on any atom is 0.373 e. The molecule has 0 bridgehead atoms. The summed E-state index contributed by atoms with van der Waals surface area (Å²) in [4.78, 5) is 36.6. The van der Waals surface area contributed by atoms with Crippen molar-refractivity contribution in [2.24, 2.45) is 0 Å². The molecule has 0 saturated heterocycles. The minimum absolute atomic E-state index is 0.0223. The summed E-state index contributed by atoms with van der Waals surface area (Å²) in [5.74, 6) is -0.964. The molecule has 0 heterocycles. The average Bonchev–Trinajstić information content (AvgIpc) is 2.97. The van der Waals surface area contributed by atoms with E-state index in [-0.39, 0.29) is 5.78 Å². The third kappa shape index (κ3) is 8.66. The summed E-state index contributed by atoms with van der Waals surface area (Å²) in [6, 6.07) is 23.3. The molecule has 4 nitrogen and oxygen atoms in total. The van der Waals surface area contributed by atoms with Crippen molar-refractivity contribution in [1.29, 1.82) is 0 Å². The Morgan fingerprint density at radius 1 is 0.737 bits per heavy atom. The third-order valence-corrected chi connectivity index (χ3v) is 7.01. The van der Waals surface area contributed by atoms with E-state index in [0.29, 0.717) is 17.7 Å². The van der Waals surface area contributed by atoms with Gasteiger partial charge < -0.3 is 0 Å². The van der Waals surface area contributed by atoms with Crippen LogP contribution in [0.1, 0.15) is 110 Å². The van der Waals surface area contributed by atoms with E-state index >= 15 is 0 Å². The van der Waals surface area contributed by atoms with Gasteiger partial charge >= 0.3 is 5.97 Å². The Hall–Kier alpha value is -3.24. The van der Waals surface area contributed by atoms with Crippen LogP contribution in [-0.2, 0) is 16.2 Å². The minimum atomic E-state index is -0.545. The molecule has 0 aliphatic heterocycles. The molecule has 0 N–H and O–H groups in total. The molecule has 0 amide bonds. The fourth-order valence-corrected chi connectivity index (χ4v) is 4.62. The van der Waals surface area contributed by atoms with E-state index in [1.807, 2.05) is 67.6 Å². The number of hydrogen-bond donors (Lipinski definition) is 0. The van der Waals surface area contributed by atoms with Gasteiger partial charge in [0.25, 0.3) is 0 Å². The lowest BCUT2D eigenvalue weighted by Gasteiger charge is -2.18. The molecule has 0 saturated carbocycles. The molecule has 1 unspecified atom stereocenters. The molecule has 4 heteroatoms. The molecule has 3 aromatic rings. The number of carbonyl (C=O) groups is 2. The topological polar surface area (TPSA) is 52.6 Å². The number of unbranched alkanes of at least 4 members (excludes halogenated alkanes) is 6. The second-order valence-electron chi connectivity index (χ2n) is 10.0. The number of carbonyl (C=O) groups excluding carboxylic acids is 2. The van der Waals surface area contributed by atoms with Gasteiger partial charge in [-0.05, 0) is 53.6 Å². The highest BCUT2D eigenvalue weighted by atomic mass is 17.2. The van der Waals surface area contributed by atoms with Gasteiger partial charge in [-0.1, -0.05) is 120 Å². The van der Waals surface area contributed by atoms with Gasteiger partial charge in [0.1, 0.15) is 0 Å². The summed E-state index contributed by atoms with van der Waals surface area (Å²) in [5.41, 5.74) is 5.00. The maximum absolute atomic E-state index is 13.5. The fourth-order valence-electron chi connectivity index (χ4n) is 4.62. The van der Waals surface area contributed by atoms with Crippen LogP contribution in [0.5, 0.6) is 0 Å². The largest absolute Gasteiger partial charge is 0.373 e. The summed E-state index contributed by atoms with van der Waals surface area (Å²) in [6.45, 7) is 6.66. The van der Waals surface area contributed by atoms with Crippen molar-refractivity contribution in [3.8, 4) is 11.1 Å². The number of hydrogen-bond acceptors (Lipinski definition) is 4. The summed E-state index contributed by atoms with van der Waals surface area (Å²) < 4.78 is 0. The van der Waals surface area contributed by atoms with Gasteiger partial charge in [-0.3, -0.25) is 9.68 Å². The monoisotopic (exact) mass is 514 g/mol. The Kier molecular flexibility index (Phi) is 12.3. The molecule has 1 atom stereocenters. The van der Waals surface area contributed by atoms with Crippen LogP contribution in [0.3, 0.4) is 0 Å². The number of benzene rings is 3. The SMILES string of the molecule is CCCCCCCCOOC(=O)c1ccc(-c2ccccc2)c(C(C)C(=O)c2ccc(CCCC)cc2)c1. The minimum Gasteiger partial charge on any atom is -0.294 e. The molecule has 38 heavy (non-hydrogen) atoms. The van der Waals surface area contributed by atoms with Crippen LogP contribution in [0.2, 0.25) is 0 Å². The molecule has 0 aliphatic carbocycles. The number of ketones is 1. The lowest BCUT2D eigenvalue weighted by atomic mass is 9.85. The van der Waals surface area contributed by atoms with Crippen molar-refractivity contribution >= 4 is 11.8 Å². The molecule has 0 fully saturated rings. The van der Waals surface area contributed by atoms with Gasteiger partial charge in [0.05, 0.1) is 12.2 Å². The van der Waals surface area contributed by atoms with Crippen molar-refractivity contribution in [2.75, 3.05) is 6.61 Å². The summed E-state index contributed by atoms with van der Waals surface area (Å²) in [5, 5.41) is 0. The second kappa shape index (κ2) is 15.9. The summed E-state index contributed by atoms with van der Waals surface area (Å²) in [7, 11) is 0. The summed E-state index contributed by atoms with van der Waals surface area (Å²) in [6.07, 6.45) is 10.1. The smallest absolute Gasteiger partial charge is 0.294 e. The van der Waals surface area contributed by atoms with Gasteiger partial charge in [0, 0.05) is 11.5 Å². The first-order chi connectivity index (χ1) is 18.5. The van der Waals surface area contributed by atoms with E-state index in [4.69, 9.17) is 9.78 Å². The van der Waals surface area contributed by atoms with Crippen molar-refractivity contribution in [1.82, 2.24) is 0 Å². The highest BCUT2D eigenvalue weighted by Gasteiger charge is 2.23. The van der Waals surface area contributed by atoms with E-state index in [9.17, 15) is 9.59 Å². The highest BCUT2D eigenvalue weighted by Crippen LogP contribution is 2.32. The second-order valence-corrected chi connectivity index (χ2v) is 10.0. The Balaban J connectivity index is 1.74. The fraction of sp³-hybridized carbons (Fsp3) is 0.412. The van der Waals surface area contributed by atoms with Crippen LogP contribution in [0, 0.1) is 0 Å². The van der Waals surface area contributed by atoms with E-state index in [2.05, 4.69) is 13.8 Å². The van der Waals surface area contributed by atoms with E-state index in [0.717, 1.165) is 48.8 Å². The molecule has 0 spiro atoms. The summed E-state index contributed by atoms with van der Waals surface area (Å²) >= 11 is 0. The van der Waals surface area contributed by atoms with E-state index in [1.165, 1.54) is 31.2 Å². The maximum atomic E-state index is 13.5. The molecule has 3 rings (SSSR count). The number of aryl methyl sites for hydroxylation is 1. The van der Waals surface area contributed by atoms with Gasteiger partial charge in [-0.15, -0.1) is 0 Å². The first-order valence-corrected chi connectivity index (χ1v) is 14.2. The third-order valence-electron chi connectivity index (χ3n) is 7.01. The highest BCUT2D eigenvalue weighted by molar-refractivity contribution is 6.02. The van der Waals surface area contributed by atoms with Crippen molar-refractivity contribution in [2.45, 2.75) is 84.5 Å². The Morgan fingerprint density at radius 3 is 2.11 bits per heavy atom. The lowest BCUT2D eigenvalue weighted by molar-refractivity contribution is -0.241. The zero-order valence-corrected chi connectivity index (χ0v) is 23.2. The average molecular weight is 515 g/mol.